The second-order valence-electron chi connectivity index (χ2n) is 6.16. The van der Waals surface area contributed by atoms with Crippen molar-refractivity contribution in [2.45, 2.75) is 57.5 Å². The van der Waals surface area contributed by atoms with E-state index in [1.54, 1.807) is 6.07 Å². The van der Waals surface area contributed by atoms with Crippen molar-refractivity contribution in [3.8, 4) is 0 Å². The van der Waals surface area contributed by atoms with Crippen molar-refractivity contribution in [3.05, 3.63) is 40.4 Å². The molecule has 1 saturated carbocycles. The van der Waals surface area contributed by atoms with E-state index in [1.807, 2.05) is 12.1 Å². The van der Waals surface area contributed by atoms with Gasteiger partial charge in [0, 0.05) is 11.1 Å². The molecule has 0 aromatic heterocycles. The molecule has 0 spiro atoms. The summed E-state index contributed by atoms with van der Waals surface area (Å²) in [5.41, 5.74) is 1.58. The number of hydrogen-bond acceptors (Lipinski definition) is 0. The smallest absolute Gasteiger partial charge is 0.167 e. The van der Waals surface area contributed by atoms with Crippen molar-refractivity contribution in [2.24, 2.45) is 5.92 Å². The van der Waals surface area contributed by atoms with E-state index in [2.05, 4.69) is 6.92 Å². The molecule has 1 fully saturated rings. The second kappa shape index (κ2) is 7.54. The Morgan fingerprint density at radius 1 is 1.18 bits per heavy atom. The molecule has 0 atom stereocenters. The Bertz CT molecular complexity index is 512. The van der Waals surface area contributed by atoms with Gasteiger partial charge in [-0.05, 0) is 60.8 Å². The van der Waals surface area contributed by atoms with Gasteiger partial charge in [0.15, 0.2) is 0 Å². The molecule has 0 unspecified atom stereocenters. The lowest BCUT2D eigenvalue weighted by Crippen LogP contribution is -2.13. The van der Waals surface area contributed by atoms with Crippen molar-refractivity contribution < 1.29 is 13.2 Å². The van der Waals surface area contributed by atoms with E-state index in [0.717, 1.165) is 30.4 Å². The van der Waals surface area contributed by atoms with Gasteiger partial charge in [0.25, 0.3) is 0 Å². The highest BCUT2D eigenvalue weighted by Crippen LogP contribution is 2.38. The number of hydrogen-bond donors (Lipinski definition) is 0. The van der Waals surface area contributed by atoms with Crippen molar-refractivity contribution in [2.75, 3.05) is 0 Å². The van der Waals surface area contributed by atoms with Crippen LogP contribution in [0.3, 0.4) is 0 Å². The van der Waals surface area contributed by atoms with Gasteiger partial charge in [-0.1, -0.05) is 43.5 Å². The maximum atomic E-state index is 12.2. The Hall–Kier alpha value is -0.960. The van der Waals surface area contributed by atoms with E-state index in [4.69, 9.17) is 11.6 Å². The molecule has 2 rings (SSSR count). The van der Waals surface area contributed by atoms with Crippen LogP contribution in [-0.2, 0) is 0 Å². The van der Waals surface area contributed by atoms with Crippen molar-refractivity contribution in [3.63, 3.8) is 0 Å². The summed E-state index contributed by atoms with van der Waals surface area (Å²) in [4.78, 5) is 0. The highest BCUT2D eigenvalue weighted by atomic mass is 35.5. The topological polar surface area (TPSA) is 0 Å². The maximum absolute atomic E-state index is 12.2. The minimum atomic E-state index is -4.31. The molecule has 0 aliphatic heterocycles. The van der Waals surface area contributed by atoms with E-state index in [0.29, 0.717) is 16.5 Å². The van der Waals surface area contributed by atoms with Crippen LogP contribution < -0.4 is 0 Å². The lowest BCUT2D eigenvalue weighted by molar-refractivity contribution is -0.0790. The van der Waals surface area contributed by atoms with E-state index in [9.17, 15) is 13.2 Å². The minimum absolute atomic E-state index is 0.226. The summed E-state index contributed by atoms with van der Waals surface area (Å²) >= 11 is 6.14. The summed E-state index contributed by atoms with van der Waals surface area (Å²) in [7, 11) is 0. The third-order valence-electron chi connectivity index (χ3n) is 4.49. The predicted molar refractivity (Wildman–Crippen MR) is 86.1 cm³/mol. The molecule has 0 bridgehead atoms. The molecule has 0 N–H and O–H groups in total. The number of rotatable bonds is 4. The molecule has 0 heterocycles. The average molecular weight is 331 g/mol. The zero-order valence-corrected chi connectivity index (χ0v) is 13.6. The Morgan fingerprint density at radius 3 is 2.41 bits per heavy atom. The minimum Gasteiger partial charge on any atom is -0.167 e. The maximum Gasteiger partial charge on any atom is 0.409 e. The molecule has 1 aromatic rings. The molecule has 0 saturated heterocycles. The Labute approximate surface area is 135 Å². The lowest BCUT2D eigenvalue weighted by Gasteiger charge is -2.28. The van der Waals surface area contributed by atoms with Gasteiger partial charge in [0.1, 0.15) is 0 Å². The third kappa shape index (κ3) is 5.05. The van der Waals surface area contributed by atoms with Crippen LogP contribution >= 0.6 is 11.6 Å². The molecule has 22 heavy (non-hydrogen) atoms. The molecule has 122 valence electrons. The molecule has 1 aliphatic carbocycles. The average Bonchev–Trinajstić information content (AvgIpc) is 2.46. The van der Waals surface area contributed by atoms with Crippen LogP contribution in [0.1, 0.15) is 62.5 Å². The number of halogens is 4. The van der Waals surface area contributed by atoms with E-state index in [1.165, 1.54) is 25.7 Å². The molecule has 1 aliphatic rings. The molecule has 0 amide bonds. The van der Waals surface area contributed by atoms with E-state index < -0.39 is 6.18 Å². The Morgan fingerprint density at radius 2 is 1.86 bits per heavy atom. The van der Waals surface area contributed by atoms with Crippen LogP contribution in [0.5, 0.6) is 0 Å². The summed E-state index contributed by atoms with van der Waals surface area (Å²) in [6.07, 6.45) is 4.28. The monoisotopic (exact) mass is 330 g/mol. The van der Waals surface area contributed by atoms with Crippen LogP contribution in [0.25, 0.3) is 6.08 Å². The summed E-state index contributed by atoms with van der Waals surface area (Å²) in [5, 5.41) is 0.397. The molecular formula is C18H22ClF3. The first-order chi connectivity index (χ1) is 10.4. The fourth-order valence-electron chi connectivity index (χ4n) is 3.31. The highest BCUT2D eigenvalue weighted by Gasteiger charge is 2.23. The van der Waals surface area contributed by atoms with Crippen molar-refractivity contribution >= 4 is 17.7 Å². The number of allylic oxidation sites excluding steroid dienone is 1. The van der Waals surface area contributed by atoms with Crippen LogP contribution in [-0.4, -0.2) is 6.18 Å². The standard InChI is InChI=1S/C18H22ClF3/c1-2-3-13-4-6-14(7-5-13)16-9-8-15(17(19)12-16)10-11-18(20,21)22/h8-14H,2-7H2,1H3/b11-10+. The van der Waals surface area contributed by atoms with Crippen LogP contribution in [0, 0.1) is 5.92 Å². The van der Waals surface area contributed by atoms with Gasteiger partial charge in [0.2, 0.25) is 0 Å². The first-order valence-electron chi connectivity index (χ1n) is 7.94. The van der Waals surface area contributed by atoms with E-state index >= 15 is 0 Å². The van der Waals surface area contributed by atoms with Crippen LogP contribution in [0.4, 0.5) is 13.2 Å². The van der Waals surface area contributed by atoms with Gasteiger partial charge < -0.3 is 0 Å². The largest absolute Gasteiger partial charge is 0.409 e. The normalized spacial score (nSPS) is 23.1. The van der Waals surface area contributed by atoms with Crippen molar-refractivity contribution in [1.82, 2.24) is 0 Å². The Kier molecular flexibility index (Phi) is 5.96. The number of benzene rings is 1. The van der Waals surface area contributed by atoms with Crippen molar-refractivity contribution in [1.29, 1.82) is 0 Å². The molecular weight excluding hydrogens is 309 g/mol. The molecule has 4 heteroatoms. The SMILES string of the molecule is CCCC1CCC(c2ccc(/C=C/C(F)(F)F)c(Cl)c2)CC1. The van der Waals surface area contributed by atoms with E-state index in [-0.39, 0.29) is 6.08 Å². The second-order valence-corrected chi connectivity index (χ2v) is 6.57. The van der Waals surface area contributed by atoms with Gasteiger partial charge in [0.05, 0.1) is 0 Å². The first kappa shape index (κ1) is 17.4. The van der Waals surface area contributed by atoms with Gasteiger partial charge in [-0.2, -0.15) is 13.2 Å². The zero-order chi connectivity index (χ0) is 16.2. The molecule has 0 nitrogen and oxygen atoms in total. The van der Waals surface area contributed by atoms with Crippen LogP contribution in [0.2, 0.25) is 5.02 Å². The first-order valence-corrected chi connectivity index (χ1v) is 8.32. The summed E-state index contributed by atoms with van der Waals surface area (Å²) in [5.74, 6) is 1.33. The summed E-state index contributed by atoms with van der Waals surface area (Å²) < 4.78 is 36.6. The third-order valence-corrected chi connectivity index (χ3v) is 4.82. The van der Waals surface area contributed by atoms with Gasteiger partial charge in [-0.15, -0.1) is 0 Å². The Balaban J connectivity index is 2.02. The summed E-state index contributed by atoms with van der Waals surface area (Å²) in [6.45, 7) is 2.22. The van der Waals surface area contributed by atoms with Crippen LogP contribution in [0.15, 0.2) is 24.3 Å². The zero-order valence-electron chi connectivity index (χ0n) is 12.8. The molecule has 0 radical (unpaired) electrons. The van der Waals surface area contributed by atoms with Gasteiger partial charge >= 0.3 is 6.18 Å². The fourth-order valence-corrected chi connectivity index (χ4v) is 3.56. The predicted octanol–water partition coefficient (Wildman–Crippen LogP) is 6.99. The highest BCUT2D eigenvalue weighted by molar-refractivity contribution is 6.32. The fraction of sp³-hybridized carbons (Fsp3) is 0.556. The molecule has 1 aromatic carbocycles. The quantitative estimate of drug-likeness (QED) is 0.558. The van der Waals surface area contributed by atoms with Gasteiger partial charge in [-0.3, -0.25) is 0 Å². The lowest BCUT2D eigenvalue weighted by atomic mass is 9.77. The van der Waals surface area contributed by atoms with Gasteiger partial charge in [-0.25, -0.2) is 0 Å². The number of alkyl halides is 3. The summed E-state index contributed by atoms with van der Waals surface area (Å²) in [6, 6.07) is 5.45.